The summed E-state index contributed by atoms with van der Waals surface area (Å²) in [5.41, 5.74) is 4.62. The number of aryl methyl sites for hydroxylation is 1. The summed E-state index contributed by atoms with van der Waals surface area (Å²) in [6, 6.07) is 29.0. The third-order valence-electron chi connectivity index (χ3n) is 3.94. The standard InChI is InChI=1S/C23H21N/c1-2-19-13-16-21(17-14-19)23(24-22-11-7-4-8-12-22)18-15-20-9-5-3-6-10-20/h3-14,16-17,23-24H,2H2,1H3. The molecule has 1 atom stereocenters. The average molecular weight is 311 g/mol. The molecule has 3 aromatic carbocycles. The minimum Gasteiger partial charge on any atom is -0.368 e. The second kappa shape index (κ2) is 8.04. The Kier molecular flexibility index (Phi) is 5.32. The molecule has 0 aliphatic carbocycles. The molecule has 0 saturated heterocycles. The quantitative estimate of drug-likeness (QED) is 0.631. The maximum atomic E-state index is 3.53. The van der Waals surface area contributed by atoms with E-state index in [1.807, 2.05) is 48.5 Å². The molecule has 1 nitrogen and oxygen atoms in total. The van der Waals surface area contributed by atoms with Gasteiger partial charge in [0.15, 0.2) is 0 Å². The minimum atomic E-state index is -0.0430. The Bertz CT molecular complexity index is 809. The van der Waals surface area contributed by atoms with Crippen LogP contribution in [0.2, 0.25) is 0 Å². The topological polar surface area (TPSA) is 12.0 Å². The zero-order chi connectivity index (χ0) is 16.6. The van der Waals surface area contributed by atoms with Gasteiger partial charge in [-0.05, 0) is 41.8 Å². The maximum Gasteiger partial charge on any atom is 0.114 e. The van der Waals surface area contributed by atoms with Crippen molar-refractivity contribution >= 4 is 5.69 Å². The molecule has 1 heteroatoms. The van der Waals surface area contributed by atoms with Gasteiger partial charge in [0.05, 0.1) is 0 Å². The van der Waals surface area contributed by atoms with Gasteiger partial charge in [-0.15, -0.1) is 0 Å². The number of rotatable bonds is 4. The minimum absolute atomic E-state index is 0.0430. The Morgan fingerprint density at radius 3 is 2.04 bits per heavy atom. The van der Waals surface area contributed by atoms with Crippen LogP contribution in [0.4, 0.5) is 5.69 Å². The molecule has 0 bridgehead atoms. The van der Waals surface area contributed by atoms with Gasteiger partial charge in [-0.1, -0.05) is 79.4 Å². The van der Waals surface area contributed by atoms with E-state index in [9.17, 15) is 0 Å². The molecule has 24 heavy (non-hydrogen) atoms. The highest BCUT2D eigenvalue weighted by atomic mass is 14.9. The van der Waals surface area contributed by atoms with E-state index < -0.39 is 0 Å². The highest BCUT2D eigenvalue weighted by Crippen LogP contribution is 2.20. The van der Waals surface area contributed by atoms with Gasteiger partial charge in [0.2, 0.25) is 0 Å². The van der Waals surface area contributed by atoms with Crippen molar-refractivity contribution < 1.29 is 0 Å². The lowest BCUT2D eigenvalue weighted by Crippen LogP contribution is -2.08. The van der Waals surface area contributed by atoms with Crippen LogP contribution in [0, 0.1) is 11.8 Å². The Hall–Kier alpha value is -2.98. The molecular weight excluding hydrogens is 290 g/mol. The van der Waals surface area contributed by atoms with Crippen molar-refractivity contribution in [2.75, 3.05) is 5.32 Å². The van der Waals surface area contributed by atoms with Crippen molar-refractivity contribution in [1.29, 1.82) is 0 Å². The highest BCUT2D eigenvalue weighted by molar-refractivity contribution is 5.49. The van der Waals surface area contributed by atoms with Gasteiger partial charge < -0.3 is 5.32 Å². The van der Waals surface area contributed by atoms with E-state index in [0.29, 0.717) is 0 Å². The summed E-state index contributed by atoms with van der Waals surface area (Å²) < 4.78 is 0. The summed E-state index contributed by atoms with van der Waals surface area (Å²) in [5, 5.41) is 3.53. The van der Waals surface area contributed by atoms with Crippen molar-refractivity contribution in [3.8, 4) is 11.8 Å². The smallest absolute Gasteiger partial charge is 0.114 e. The van der Waals surface area contributed by atoms with Crippen LogP contribution in [-0.2, 0) is 6.42 Å². The number of nitrogens with one attached hydrogen (secondary N) is 1. The zero-order valence-electron chi connectivity index (χ0n) is 13.9. The second-order valence-corrected chi connectivity index (χ2v) is 5.67. The molecule has 1 unspecified atom stereocenters. The molecule has 0 aliphatic heterocycles. The summed E-state index contributed by atoms with van der Waals surface area (Å²) in [5.74, 6) is 6.66. The monoisotopic (exact) mass is 311 g/mol. The molecule has 0 fully saturated rings. The Morgan fingerprint density at radius 1 is 0.792 bits per heavy atom. The first-order valence-electron chi connectivity index (χ1n) is 8.32. The fourth-order valence-electron chi connectivity index (χ4n) is 2.53. The predicted octanol–water partition coefficient (Wildman–Crippen LogP) is 5.45. The van der Waals surface area contributed by atoms with E-state index in [0.717, 1.165) is 17.7 Å². The number of hydrogen-bond acceptors (Lipinski definition) is 1. The van der Waals surface area contributed by atoms with Gasteiger partial charge in [-0.25, -0.2) is 0 Å². The normalized spacial score (nSPS) is 11.2. The molecule has 118 valence electrons. The van der Waals surface area contributed by atoms with Crippen molar-refractivity contribution in [2.45, 2.75) is 19.4 Å². The SMILES string of the molecule is CCc1ccc(C(C#Cc2ccccc2)Nc2ccccc2)cc1. The van der Waals surface area contributed by atoms with Crippen molar-refractivity contribution in [3.63, 3.8) is 0 Å². The van der Waals surface area contributed by atoms with Crippen LogP contribution in [0.1, 0.15) is 29.7 Å². The summed E-state index contributed by atoms with van der Waals surface area (Å²) in [7, 11) is 0. The Balaban J connectivity index is 1.89. The lowest BCUT2D eigenvalue weighted by Gasteiger charge is -2.15. The van der Waals surface area contributed by atoms with Crippen LogP contribution in [-0.4, -0.2) is 0 Å². The highest BCUT2D eigenvalue weighted by Gasteiger charge is 2.08. The molecule has 0 saturated carbocycles. The lowest BCUT2D eigenvalue weighted by atomic mass is 10.0. The first-order valence-corrected chi connectivity index (χ1v) is 8.32. The van der Waals surface area contributed by atoms with E-state index in [4.69, 9.17) is 0 Å². The summed E-state index contributed by atoms with van der Waals surface area (Å²) in [6.07, 6.45) is 1.05. The van der Waals surface area contributed by atoms with Crippen molar-refractivity contribution in [3.05, 3.63) is 102 Å². The van der Waals surface area contributed by atoms with Crippen LogP contribution in [0.15, 0.2) is 84.9 Å². The molecule has 3 rings (SSSR count). The average Bonchev–Trinajstić information content (AvgIpc) is 2.67. The molecule has 0 spiro atoms. The molecule has 0 aliphatic rings. The number of anilines is 1. The van der Waals surface area contributed by atoms with Gasteiger partial charge in [0.25, 0.3) is 0 Å². The molecule has 0 heterocycles. The number of para-hydroxylation sites is 1. The zero-order valence-corrected chi connectivity index (χ0v) is 13.9. The molecular formula is C23H21N. The van der Waals surface area contributed by atoms with E-state index in [1.54, 1.807) is 0 Å². The number of benzene rings is 3. The van der Waals surface area contributed by atoms with Crippen molar-refractivity contribution in [1.82, 2.24) is 0 Å². The summed E-state index contributed by atoms with van der Waals surface area (Å²) >= 11 is 0. The third kappa shape index (κ3) is 4.27. The van der Waals surface area contributed by atoms with Gasteiger partial charge >= 0.3 is 0 Å². The second-order valence-electron chi connectivity index (χ2n) is 5.67. The molecule has 0 amide bonds. The van der Waals surface area contributed by atoms with Crippen LogP contribution < -0.4 is 5.32 Å². The maximum absolute atomic E-state index is 3.53. The largest absolute Gasteiger partial charge is 0.368 e. The number of hydrogen-bond donors (Lipinski definition) is 1. The third-order valence-corrected chi connectivity index (χ3v) is 3.94. The van der Waals surface area contributed by atoms with Gasteiger partial charge in [-0.2, -0.15) is 0 Å². The lowest BCUT2D eigenvalue weighted by molar-refractivity contribution is 1.01. The molecule has 0 aromatic heterocycles. The van der Waals surface area contributed by atoms with E-state index in [-0.39, 0.29) is 6.04 Å². The fourth-order valence-corrected chi connectivity index (χ4v) is 2.53. The molecule has 1 N–H and O–H groups in total. The van der Waals surface area contributed by atoms with Crippen LogP contribution in [0.5, 0.6) is 0 Å². The summed E-state index contributed by atoms with van der Waals surface area (Å²) in [6.45, 7) is 2.17. The van der Waals surface area contributed by atoms with E-state index in [2.05, 4.69) is 60.5 Å². The molecule has 0 radical (unpaired) electrons. The Morgan fingerprint density at radius 2 is 1.42 bits per heavy atom. The fraction of sp³-hybridized carbons (Fsp3) is 0.130. The Labute approximate surface area is 144 Å². The predicted molar refractivity (Wildman–Crippen MR) is 102 cm³/mol. The van der Waals surface area contributed by atoms with Crippen LogP contribution in [0.25, 0.3) is 0 Å². The van der Waals surface area contributed by atoms with Gasteiger partial charge in [-0.3, -0.25) is 0 Å². The van der Waals surface area contributed by atoms with E-state index >= 15 is 0 Å². The van der Waals surface area contributed by atoms with E-state index in [1.165, 1.54) is 11.1 Å². The van der Waals surface area contributed by atoms with Crippen LogP contribution in [0.3, 0.4) is 0 Å². The first-order chi connectivity index (χ1) is 11.8. The first kappa shape index (κ1) is 15.9. The van der Waals surface area contributed by atoms with Crippen molar-refractivity contribution in [2.24, 2.45) is 0 Å². The van der Waals surface area contributed by atoms with Gasteiger partial charge in [0.1, 0.15) is 6.04 Å². The van der Waals surface area contributed by atoms with Gasteiger partial charge in [0, 0.05) is 11.3 Å². The molecule has 3 aromatic rings. The van der Waals surface area contributed by atoms with Crippen LogP contribution >= 0.6 is 0 Å². The summed E-state index contributed by atoms with van der Waals surface area (Å²) in [4.78, 5) is 0.